The molecule has 2 aliphatic heterocycles. The highest BCUT2D eigenvalue weighted by molar-refractivity contribution is 7.15. The molecule has 180 valence electrons. The summed E-state index contributed by atoms with van der Waals surface area (Å²) in [6.07, 6.45) is 5.08. The van der Waals surface area contributed by atoms with Gasteiger partial charge in [-0.1, -0.05) is 23.2 Å². The van der Waals surface area contributed by atoms with Crippen LogP contribution in [0.25, 0.3) is 22.4 Å². The SMILES string of the molecule is O=C(O)c1ccc(C2=CN=C([C@@H]3CCc4c(Cl)c(-c5cc(Cl)ccc5-n5cnnn5)cc(=O)n43)C2)s1. The first-order chi connectivity index (χ1) is 17.4. The number of aromatic carboxylic acids is 1. The average molecular weight is 539 g/mol. The van der Waals surface area contributed by atoms with E-state index >= 15 is 0 Å². The van der Waals surface area contributed by atoms with E-state index < -0.39 is 5.97 Å². The summed E-state index contributed by atoms with van der Waals surface area (Å²) in [6.45, 7) is 0. The number of nitrogens with zero attached hydrogens (tertiary/aromatic N) is 6. The summed E-state index contributed by atoms with van der Waals surface area (Å²) < 4.78 is 3.22. The summed E-state index contributed by atoms with van der Waals surface area (Å²) in [4.78, 5) is 30.4. The monoisotopic (exact) mass is 538 g/mol. The van der Waals surface area contributed by atoms with Gasteiger partial charge in [0, 0.05) is 51.1 Å². The van der Waals surface area contributed by atoms with Crippen LogP contribution in [-0.2, 0) is 6.42 Å². The quantitative estimate of drug-likeness (QED) is 0.385. The number of pyridine rings is 1. The normalized spacial score (nSPS) is 16.7. The zero-order valence-electron chi connectivity index (χ0n) is 18.4. The average Bonchev–Trinajstić information content (AvgIpc) is 3.67. The van der Waals surface area contributed by atoms with Crippen LogP contribution in [0.4, 0.5) is 0 Å². The molecule has 9 nitrogen and oxygen atoms in total. The van der Waals surface area contributed by atoms with Gasteiger partial charge in [0.2, 0.25) is 0 Å². The van der Waals surface area contributed by atoms with E-state index in [1.165, 1.54) is 28.4 Å². The van der Waals surface area contributed by atoms with Crippen molar-refractivity contribution in [3.8, 4) is 16.8 Å². The van der Waals surface area contributed by atoms with E-state index in [1.807, 2.05) is 0 Å². The van der Waals surface area contributed by atoms with E-state index in [0.717, 1.165) is 21.9 Å². The number of hydrogen-bond donors (Lipinski definition) is 1. The third kappa shape index (κ3) is 3.78. The van der Waals surface area contributed by atoms with Crippen LogP contribution in [0.15, 0.2) is 58.7 Å². The number of carbonyl (C=O) groups is 1. The highest BCUT2D eigenvalue weighted by Gasteiger charge is 2.33. The molecular formula is C24H16Cl2N6O3S. The van der Waals surface area contributed by atoms with E-state index in [0.29, 0.717) is 46.1 Å². The second kappa shape index (κ2) is 8.81. The molecule has 0 spiro atoms. The van der Waals surface area contributed by atoms with Crippen molar-refractivity contribution in [2.75, 3.05) is 0 Å². The van der Waals surface area contributed by atoms with E-state index in [1.54, 1.807) is 41.1 Å². The Hall–Kier alpha value is -3.60. The van der Waals surface area contributed by atoms with Gasteiger partial charge in [0.25, 0.3) is 5.56 Å². The summed E-state index contributed by atoms with van der Waals surface area (Å²) >= 11 is 14.4. The fraction of sp³-hybridized carbons (Fsp3) is 0.167. The summed E-state index contributed by atoms with van der Waals surface area (Å²) in [5.74, 6) is -0.948. The van der Waals surface area contributed by atoms with Gasteiger partial charge in [-0.3, -0.25) is 9.79 Å². The van der Waals surface area contributed by atoms with Crippen LogP contribution < -0.4 is 5.56 Å². The van der Waals surface area contributed by atoms with Gasteiger partial charge in [-0.05, 0) is 59.2 Å². The third-order valence-electron chi connectivity index (χ3n) is 6.37. The molecule has 0 radical (unpaired) electrons. The molecule has 2 aliphatic rings. The second-order valence-electron chi connectivity index (χ2n) is 8.42. The first kappa shape index (κ1) is 22.8. The highest BCUT2D eigenvalue weighted by Crippen LogP contribution is 2.41. The smallest absolute Gasteiger partial charge is 0.345 e. The lowest BCUT2D eigenvalue weighted by molar-refractivity contribution is 0.0702. The molecule has 5 heterocycles. The lowest BCUT2D eigenvalue weighted by atomic mass is 10.0. The molecule has 0 amide bonds. The van der Waals surface area contributed by atoms with Crippen LogP contribution in [0, 0.1) is 0 Å². The number of tetrazole rings is 1. The summed E-state index contributed by atoms with van der Waals surface area (Å²) in [6, 6.07) is 9.94. The maximum absolute atomic E-state index is 13.4. The van der Waals surface area contributed by atoms with Crippen molar-refractivity contribution in [3.05, 3.63) is 84.8 Å². The van der Waals surface area contributed by atoms with Gasteiger partial charge in [-0.2, -0.15) is 4.68 Å². The molecule has 0 fully saturated rings. The molecule has 12 heteroatoms. The Labute approximate surface area is 217 Å². The Morgan fingerprint density at radius 3 is 2.75 bits per heavy atom. The summed E-state index contributed by atoms with van der Waals surface area (Å²) in [7, 11) is 0. The third-order valence-corrected chi connectivity index (χ3v) is 8.18. The van der Waals surface area contributed by atoms with Gasteiger partial charge in [-0.15, -0.1) is 16.4 Å². The van der Waals surface area contributed by atoms with Crippen LogP contribution in [0.3, 0.4) is 0 Å². The molecule has 3 aromatic heterocycles. The number of carboxylic acid groups (broad SMARTS) is 1. The number of hydrogen-bond acceptors (Lipinski definition) is 7. The zero-order valence-corrected chi connectivity index (χ0v) is 20.8. The Morgan fingerprint density at radius 1 is 1.14 bits per heavy atom. The fourth-order valence-electron chi connectivity index (χ4n) is 4.76. The van der Waals surface area contributed by atoms with E-state index in [9.17, 15) is 14.7 Å². The van der Waals surface area contributed by atoms with Gasteiger partial charge in [-0.25, -0.2) is 4.79 Å². The molecule has 0 saturated carbocycles. The number of benzene rings is 1. The molecule has 6 rings (SSSR count). The van der Waals surface area contributed by atoms with E-state index in [4.69, 9.17) is 23.2 Å². The molecule has 1 N–H and O–H groups in total. The number of halogens is 2. The lowest BCUT2D eigenvalue weighted by Gasteiger charge is -2.18. The molecule has 1 aromatic carbocycles. The summed E-state index contributed by atoms with van der Waals surface area (Å²) in [5, 5.41) is 21.6. The standard InChI is InChI=1S/C24H16Cl2N6O3S/c25-13-1-2-17(31-11-28-29-30-31)14(8-13)15-9-22(33)32-18(3-4-19(32)23(15)26)16-7-12(10-27-16)20-5-6-21(36-20)24(34)35/h1-2,5-6,8-11,18H,3-4,7H2,(H,34,35)/t18-/m0/s1. The van der Waals surface area contributed by atoms with E-state index in [2.05, 4.69) is 20.5 Å². The van der Waals surface area contributed by atoms with Crippen LogP contribution in [0.1, 0.15) is 39.1 Å². The van der Waals surface area contributed by atoms with Crippen molar-refractivity contribution in [2.45, 2.75) is 25.3 Å². The van der Waals surface area contributed by atoms with Crippen molar-refractivity contribution < 1.29 is 9.90 Å². The number of allylic oxidation sites excluding steroid dienone is 1. The molecule has 4 aromatic rings. The lowest BCUT2D eigenvalue weighted by Crippen LogP contribution is -2.27. The fourth-order valence-corrected chi connectivity index (χ4v) is 6.13. The van der Waals surface area contributed by atoms with Gasteiger partial charge >= 0.3 is 5.97 Å². The van der Waals surface area contributed by atoms with Crippen molar-refractivity contribution in [3.63, 3.8) is 0 Å². The highest BCUT2D eigenvalue weighted by atomic mass is 35.5. The van der Waals surface area contributed by atoms with Gasteiger partial charge < -0.3 is 9.67 Å². The van der Waals surface area contributed by atoms with Crippen molar-refractivity contribution in [1.82, 2.24) is 24.8 Å². The molecule has 1 atom stereocenters. The summed E-state index contributed by atoms with van der Waals surface area (Å²) in [5.41, 5.74) is 4.22. The maximum atomic E-state index is 13.4. The molecular weight excluding hydrogens is 523 g/mol. The van der Waals surface area contributed by atoms with Crippen molar-refractivity contribution in [1.29, 1.82) is 0 Å². The first-order valence-corrected chi connectivity index (χ1v) is 12.5. The number of carboxylic acids is 1. The van der Waals surface area contributed by atoms with Gasteiger partial charge in [0.15, 0.2) is 0 Å². The van der Waals surface area contributed by atoms with Crippen LogP contribution >= 0.6 is 34.5 Å². The number of fused-ring (bicyclic) bond motifs is 1. The van der Waals surface area contributed by atoms with Crippen molar-refractivity contribution in [2.24, 2.45) is 4.99 Å². The number of aliphatic imine (C=N–C) groups is 1. The number of rotatable bonds is 5. The van der Waals surface area contributed by atoms with Crippen LogP contribution in [0.2, 0.25) is 10.0 Å². The Kier molecular flexibility index (Phi) is 5.59. The Morgan fingerprint density at radius 2 is 2.00 bits per heavy atom. The Balaban J connectivity index is 1.35. The molecule has 0 unspecified atom stereocenters. The predicted octanol–water partition coefficient (Wildman–Crippen LogP) is 4.93. The Bertz CT molecular complexity index is 1650. The second-order valence-corrected chi connectivity index (χ2v) is 10.3. The minimum absolute atomic E-state index is 0.185. The van der Waals surface area contributed by atoms with E-state index in [-0.39, 0.29) is 16.5 Å². The maximum Gasteiger partial charge on any atom is 0.345 e. The largest absolute Gasteiger partial charge is 0.477 e. The molecule has 36 heavy (non-hydrogen) atoms. The van der Waals surface area contributed by atoms with Gasteiger partial charge in [0.1, 0.15) is 11.2 Å². The van der Waals surface area contributed by atoms with Crippen LogP contribution in [-0.4, -0.2) is 41.6 Å². The minimum atomic E-state index is -0.948. The molecule has 0 bridgehead atoms. The number of aromatic nitrogens is 5. The minimum Gasteiger partial charge on any atom is -0.477 e. The topological polar surface area (TPSA) is 115 Å². The van der Waals surface area contributed by atoms with Crippen LogP contribution in [0.5, 0.6) is 0 Å². The van der Waals surface area contributed by atoms with Crippen molar-refractivity contribution >= 4 is 51.8 Å². The zero-order chi connectivity index (χ0) is 25.0. The predicted molar refractivity (Wildman–Crippen MR) is 138 cm³/mol. The molecule has 0 saturated heterocycles. The number of thiophene rings is 1. The van der Waals surface area contributed by atoms with Gasteiger partial charge in [0.05, 0.1) is 16.8 Å². The molecule has 0 aliphatic carbocycles. The first-order valence-electron chi connectivity index (χ1n) is 11.0.